The number of rotatable bonds is 8. The number of fused-ring (bicyclic) bond motifs is 3. The van der Waals surface area contributed by atoms with Crippen molar-refractivity contribution in [2.45, 2.75) is 12.8 Å². The van der Waals surface area contributed by atoms with E-state index in [1.807, 2.05) is 84.9 Å². The van der Waals surface area contributed by atoms with Crippen molar-refractivity contribution in [2.75, 3.05) is 22.9 Å². The summed E-state index contributed by atoms with van der Waals surface area (Å²) in [5.41, 5.74) is 5.68. The van der Waals surface area contributed by atoms with Crippen LogP contribution in [0.2, 0.25) is 0 Å². The minimum absolute atomic E-state index is 0. The van der Waals surface area contributed by atoms with Gasteiger partial charge in [-0.1, -0.05) is 41.3 Å². The van der Waals surface area contributed by atoms with Crippen LogP contribution in [0.15, 0.2) is 139 Å². The number of hydrogen-bond acceptors (Lipinski definition) is 6. The molecule has 6 nitrogen and oxygen atoms in total. The number of hydrogen-bond donors (Lipinski definition) is 0. The molecular formula is C39H32IrN5O-5. The van der Waals surface area contributed by atoms with Gasteiger partial charge in [0.2, 0.25) is 0 Å². The van der Waals surface area contributed by atoms with E-state index in [4.69, 9.17) is 4.42 Å². The largest absolute Gasteiger partial charge is 0.508 e. The van der Waals surface area contributed by atoms with Gasteiger partial charge in [0.05, 0.1) is 5.58 Å². The molecule has 8 rings (SSSR count). The fraction of sp³-hybridized carbons (Fsp3) is 0.103. The van der Waals surface area contributed by atoms with Crippen molar-refractivity contribution < 1.29 is 24.5 Å². The molecule has 0 bridgehead atoms. The Labute approximate surface area is 284 Å². The number of para-hydroxylation sites is 3. The summed E-state index contributed by atoms with van der Waals surface area (Å²) < 4.78 is 5.97. The van der Waals surface area contributed by atoms with Crippen molar-refractivity contribution in [2.24, 2.45) is 0 Å². The Morgan fingerprint density at radius 3 is 1.85 bits per heavy atom. The molecule has 4 aromatic carbocycles. The second-order valence-corrected chi connectivity index (χ2v) is 10.7. The summed E-state index contributed by atoms with van der Waals surface area (Å²) in [7, 11) is 0. The first-order chi connectivity index (χ1) is 22.3. The van der Waals surface area contributed by atoms with Crippen LogP contribution >= 0.6 is 0 Å². The van der Waals surface area contributed by atoms with E-state index >= 15 is 0 Å². The number of aromatic nitrogens is 1. The molecule has 4 heterocycles. The first-order valence-electron chi connectivity index (χ1n) is 15.1. The average molecular weight is 779 g/mol. The Hall–Kier alpha value is -4.84. The molecule has 0 atom stereocenters. The maximum atomic E-state index is 5.97. The SMILES string of the molecule is [Ir].[c-]1ccc2c(oc3ccccc32)c1-c1ccccn1.[c-]1ccccc1N1C=CN(CCCCN2C=CN(c3[c-]cccc3)[CH-]2)[CH-]1. The summed E-state index contributed by atoms with van der Waals surface area (Å²) >= 11 is 0. The molecule has 0 unspecified atom stereocenters. The molecule has 0 aliphatic carbocycles. The van der Waals surface area contributed by atoms with E-state index in [-0.39, 0.29) is 20.1 Å². The zero-order valence-corrected chi connectivity index (χ0v) is 27.6. The van der Waals surface area contributed by atoms with Gasteiger partial charge in [0.15, 0.2) is 0 Å². The molecule has 2 aliphatic heterocycles. The number of benzene rings is 4. The Kier molecular flexibility index (Phi) is 10.1. The molecule has 0 fully saturated rings. The Balaban J connectivity index is 0.000000165. The number of unbranched alkanes of at least 4 members (excludes halogenated alkanes) is 1. The molecule has 0 amide bonds. The predicted molar refractivity (Wildman–Crippen MR) is 181 cm³/mol. The fourth-order valence-electron chi connectivity index (χ4n) is 5.41. The van der Waals surface area contributed by atoms with Crippen LogP contribution in [-0.2, 0) is 20.1 Å². The predicted octanol–water partition coefficient (Wildman–Crippen LogP) is 8.64. The van der Waals surface area contributed by atoms with Crippen LogP contribution < -0.4 is 9.80 Å². The monoisotopic (exact) mass is 779 g/mol. The van der Waals surface area contributed by atoms with Gasteiger partial charge in [0.1, 0.15) is 5.58 Å². The molecule has 1 radical (unpaired) electrons. The summed E-state index contributed by atoms with van der Waals surface area (Å²) in [5.74, 6) is 0. The van der Waals surface area contributed by atoms with Crippen LogP contribution in [0.1, 0.15) is 12.8 Å². The molecule has 2 aromatic heterocycles. The first-order valence-corrected chi connectivity index (χ1v) is 15.1. The van der Waals surface area contributed by atoms with Crippen molar-refractivity contribution >= 4 is 33.3 Å². The van der Waals surface area contributed by atoms with Crippen LogP contribution in [0.3, 0.4) is 0 Å². The van der Waals surface area contributed by atoms with Crippen molar-refractivity contribution in [3.05, 3.63) is 166 Å². The first kappa shape index (κ1) is 31.2. The molecular weight excluding hydrogens is 747 g/mol. The summed E-state index contributed by atoms with van der Waals surface area (Å²) in [6, 6.07) is 43.6. The van der Waals surface area contributed by atoms with E-state index in [2.05, 4.69) is 99.1 Å². The molecule has 2 aliphatic rings. The van der Waals surface area contributed by atoms with E-state index in [0.29, 0.717) is 0 Å². The summed E-state index contributed by atoms with van der Waals surface area (Å²) in [5, 5.41) is 2.23. The normalized spacial score (nSPS) is 13.7. The molecule has 0 saturated heterocycles. The van der Waals surface area contributed by atoms with Gasteiger partial charge < -0.3 is 29.0 Å². The van der Waals surface area contributed by atoms with E-state index in [1.165, 1.54) is 0 Å². The minimum atomic E-state index is 0. The van der Waals surface area contributed by atoms with Crippen molar-refractivity contribution in [3.8, 4) is 11.3 Å². The minimum Gasteiger partial charge on any atom is -0.508 e. The quantitative estimate of drug-likeness (QED) is 0.114. The van der Waals surface area contributed by atoms with E-state index in [1.54, 1.807) is 6.20 Å². The van der Waals surface area contributed by atoms with Crippen LogP contribution in [-0.4, -0.2) is 27.9 Å². The molecule has 0 N–H and O–H groups in total. The van der Waals surface area contributed by atoms with Gasteiger partial charge in [0.25, 0.3) is 0 Å². The van der Waals surface area contributed by atoms with Gasteiger partial charge in [-0.05, 0) is 68.6 Å². The van der Waals surface area contributed by atoms with Gasteiger partial charge in [-0.3, -0.25) is 0 Å². The summed E-state index contributed by atoms with van der Waals surface area (Å²) in [6.45, 7) is 6.29. The van der Waals surface area contributed by atoms with Crippen molar-refractivity contribution in [3.63, 3.8) is 0 Å². The number of furan rings is 1. The summed E-state index contributed by atoms with van der Waals surface area (Å²) in [4.78, 5) is 13.0. The van der Waals surface area contributed by atoms with Crippen LogP contribution in [0, 0.1) is 31.5 Å². The van der Waals surface area contributed by atoms with Gasteiger partial charge in [-0.2, -0.15) is 74.0 Å². The molecule has 0 saturated carbocycles. The van der Waals surface area contributed by atoms with E-state index < -0.39 is 0 Å². The third-order valence-electron chi connectivity index (χ3n) is 7.67. The van der Waals surface area contributed by atoms with Crippen LogP contribution in [0.5, 0.6) is 0 Å². The summed E-state index contributed by atoms with van der Waals surface area (Å²) in [6.07, 6.45) is 12.5. The molecule has 7 heteroatoms. The molecule has 46 heavy (non-hydrogen) atoms. The Bertz CT molecular complexity index is 1830. The van der Waals surface area contributed by atoms with Crippen LogP contribution in [0.25, 0.3) is 33.2 Å². The van der Waals surface area contributed by atoms with Gasteiger partial charge >= 0.3 is 0 Å². The van der Waals surface area contributed by atoms with E-state index in [0.717, 1.165) is 70.5 Å². The second kappa shape index (κ2) is 15.0. The maximum Gasteiger partial charge on any atom is 0.120 e. The number of anilines is 2. The average Bonchev–Trinajstić information content (AvgIpc) is 3.87. The van der Waals surface area contributed by atoms with Crippen molar-refractivity contribution in [1.29, 1.82) is 0 Å². The smallest absolute Gasteiger partial charge is 0.120 e. The third kappa shape index (κ3) is 7.17. The van der Waals surface area contributed by atoms with Gasteiger partial charge in [-0.15, -0.1) is 29.6 Å². The van der Waals surface area contributed by atoms with Gasteiger partial charge in [-0.25, -0.2) is 0 Å². The number of nitrogens with zero attached hydrogens (tertiary/aromatic N) is 5. The standard InChI is InChI=1S/C22H22N4.C17H10NO.Ir/c1-3-9-21(10-4-1)25-17-15-23(19-25)13-7-8-14-24-16-18-26(20-24)22-11-5-2-6-12-22;1-2-10-16-12(6-1)13-7-5-8-14(17(13)19-16)15-9-3-4-11-18-15;/h1-6,9,11,15-20H,7-8,13-14H2;1-7,9-11H;/q-4;-1;. The van der Waals surface area contributed by atoms with Crippen LogP contribution in [0.4, 0.5) is 11.4 Å². The third-order valence-corrected chi connectivity index (χ3v) is 7.67. The van der Waals surface area contributed by atoms with Gasteiger partial charge in [0, 0.05) is 31.7 Å². The second-order valence-electron chi connectivity index (χ2n) is 10.7. The maximum absolute atomic E-state index is 5.97. The zero-order chi connectivity index (χ0) is 30.3. The Morgan fingerprint density at radius 2 is 1.24 bits per heavy atom. The molecule has 233 valence electrons. The topological polar surface area (TPSA) is 39.0 Å². The Morgan fingerprint density at radius 1 is 0.609 bits per heavy atom. The van der Waals surface area contributed by atoms with E-state index in [9.17, 15) is 0 Å². The number of pyridine rings is 1. The molecule has 0 spiro atoms. The fourth-order valence-corrected chi connectivity index (χ4v) is 5.41. The molecule has 6 aromatic rings. The van der Waals surface area contributed by atoms with Crippen molar-refractivity contribution in [1.82, 2.24) is 14.8 Å². The zero-order valence-electron chi connectivity index (χ0n) is 25.2.